The summed E-state index contributed by atoms with van der Waals surface area (Å²) >= 11 is -2.13. The molecule has 0 heterocycles. The Hall–Kier alpha value is -1.20. The highest BCUT2D eigenvalue weighted by molar-refractivity contribution is 8.04. The van der Waals surface area contributed by atoms with Gasteiger partial charge in [-0.1, -0.05) is 0 Å². The largest absolute Gasteiger partial charge is 0.679 e. The molecule has 0 unspecified atom stereocenters. The first-order chi connectivity index (χ1) is 6.17. The number of hydrogen-bond donors (Lipinski definition) is 2. The number of anilines is 1. The Balaban J connectivity index is 3.07. The third-order valence-corrected chi connectivity index (χ3v) is 2.70. The number of hydrogen-bond acceptors (Lipinski definition) is 4. The predicted octanol–water partition coefficient (Wildman–Crippen LogP) is 0.457. The molecule has 0 spiro atoms. The van der Waals surface area contributed by atoms with Gasteiger partial charge in [0.1, 0.15) is 11.3 Å². The number of nitrogens with two attached hydrogens (primary N) is 1. The Morgan fingerprint density at radius 2 is 2.23 bits per heavy atom. The van der Waals surface area contributed by atoms with Gasteiger partial charge < -0.3 is 15.0 Å². The quantitative estimate of drug-likeness (QED) is 0.322. The zero-order valence-electron chi connectivity index (χ0n) is 7.20. The van der Waals surface area contributed by atoms with Crippen LogP contribution in [-0.2, 0) is 11.2 Å². The first-order valence-corrected chi connectivity index (χ1v) is 5.15. The maximum Gasteiger partial charge on any atom is 0.125 e. The molecule has 5 heteroatoms. The van der Waals surface area contributed by atoms with Crippen LogP contribution in [0.4, 0.5) is 5.69 Å². The van der Waals surface area contributed by atoms with Crippen LogP contribution in [0.25, 0.3) is 0 Å². The van der Waals surface area contributed by atoms with Crippen molar-refractivity contribution in [2.45, 2.75) is 4.90 Å². The molecule has 0 amide bonds. The van der Waals surface area contributed by atoms with Crippen LogP contribution < -0.4 is 10.5 Å². The molecule has 0 aliphatic rings. The Kier molecular flexibility index (Phi) is 3.16. The van der Waals surface area contributed by atoms with Crippen LogP contribution in [0.3, 0.4) is 0 Å². The molecule has 4 nitrogen and oxygen atoms in total. The van der Waals surface area contributed by atoms with Crippen LogP contribution in [0, 0.1) is 5.41 Å². The van der Waals surface area contributed by atoms with Crippen molar-refractivity contribution in [1.82, 2.24) is 0 Å². The minimum Gasteiger partial charge on any atom is -0.679 e. The summed E-state index contributed by atoms with van der Waals surface area (Å²) in [5.41, 5.74) is 6.97. The molecule has 13 heavy (non-hydrogen) atoms. The molecule has 0 bridgehead atoms. The zero-order chi connectivity index (χ0) is 9.84. The minimum absolute atomic E-state index is 0.495. The minimum atomic E-state index is -2.13. The molecule has 0 fully saturated rings. The number of benzene rings is 1. The molecule has 3 N–H and O–H groups in total. The average Bonchev–Trinajstić information content (AvgIpc) is 2.15. The van der Waals surface area contributed by atoms with E-state index in [0.717, 1.165) is 5.55 Å². The lowest BCUT2D eigenvalue weighted by Gasteiger charge is -2.16. The molecule has 0 aliphatic carbocycles. The van der Waals surface area contributed by atoms with Crippen molar-refractivity contribution in [2.24, 2.45) is 0 Å². The normalized spacial score (nSPS) is 10.8. The van der Waals surface area contributed by atoms with E-state index in [0.29, 0.717) is 16.3 Å². The van der Waals surface area contributed by atoms with Crippen molar-refractivity contribution < 1.29 is 9.29 Å². The summed E-state index contributed by atoms with van der Waals surface area (Å²) in [7, 11) is 1.51. The van der Waals surface area contributed by atoms with Crippen molar-refractivity contribution in [2.75, 3.05) is 12.8 Å². The van der Waals surface area contributed by atoms with E-state index in [4.69, 9.17) is 15.9 Å². The maximum atomic E-state index is 11.3. The fraction of sp³-hybridized carbons (Fsp3) is 0.125. The van der Waals surface area contributed by atoms with Gasteiger partial charge in [-0.15, -0.1) is 0 Å². The van der Waals surface area contributed by atoms with E-state index in [1.54, 1.807) is 18.2 Å². The van der Waals surface area contributed by atoms with Gasteiger partial charge in [0.05, 0.1) is 12.0 Å². The molecule has 1 aromatic carbocycles. The van der Waals surface area contributed by atoms with Gasteiger partial charge in [-0.05, 0) is 0 Å². The van der Waals surface area contributed by atoms with E-state index in [1.807, 2.05) is 0 Å². The van der Waals surface area contributed by atoms with Crippen LogP contribution in [0.2, 0.25) is 0 Å². The number of nitrogens with one attached hydrogen (secondary N) is 1. The van der Waals surface area contributed by atoms with Gasteiger partial charge in [-0.25, -0.2) is 11.2 Å². The molecule has 0 saturated carbocycles. The lowest BCUT2D eigenvalue weighted by atomic mass is 10.3. The Morgan fingerprint density at radius 1 is 1.54 bits per heavy atom. The second kappa shape index (κ2) is 4.15. The lowest BCUT2D eigenvalue weighted by Crippen LogP contribution is -2.02. The maximum absolute atomic E-state index is 11.3. The summed E-state index contributed by atoms with van der Waals surface area (Å²) in [6.45, 7) is 0. The van der Waals surface area contributed by atoms with Crippen LogP contribution in [0.5, 0.6) is 5.75 Å². The van der Waals surface area contributed by atoms with Crippen LogP contribution in [0.15, 0.2) is 23.1 Å². The van der Waals surface area contributed by atoms with Crippen molar-refractivity contribution >= 4 is 22.4 Å². The van der Waals surface area contributed by atoms with Crippen molar-refractivity contribution in [3.63, 3.8) is 0 Å². The van der Waals surface area contributed by atoms with Crippen LogP contribution >= 0.6 is 0 Å². The van der Waals surface area contributed by atoms with Crippen molar-refractivity contribution in [3.8, 4) is 5.75 Å². The van der Waals surface area contributed by atoms with Crippen molar-refractivity contribution in [3.05, 3.63) is 18.2 Å². The number of rotatable bonds is 3. The van der Waals surface area contributed by atoms with E-state index >= 15 is 0 Å². The van der Waals surface area contributed by atoms with Gasteiger partial charge in [0.15, 0.2) is 0 Å². The van der Waals surface area contributed by atoms with Crippen molar-refractivity contribution in [1.29, 1.82) is 5.41 Å². The summed E-state index contributed by atoms with van der Waals surface area (Å²) in [4.78, 5) is 0.553. The molecular formula is C8H12N2O2S. The predicted molar refractivity (Wildman–Crippen MR) is 55.4 cm³/mol. The van der Waals surface area contributed by atoms with Gasteiger partial charge in [-0.3, -0.25) is 5.41 Å². The number of nitrogen functional groups attached to an aromatic ring is 1. The third-order valence-electron chi connectivity index (χ3n) is 1.58. The summed E-state index contributed by atoms with van der Waals surface area (Å²) < 4.78 is 16.2. The van der Waals surface area contributed by atoms with Crippen LogP contribution in [0.1, 0.15) is 0 Å². The van der Waals surface area contributed by atoms with E-state index < -0.39 is 11.2 Å². The molecule has 0 aliphatic heterocycles. The highest BCUT2D eigenvalue weighted by Gasteiger charge is 2.02. The Morgan fingerprint density at radius 3 is 2.77 bits per heavy atom. The standard InChI is InChI=1S/C8H12N2O2S/c1-12-7-2-6(10)3-8(4-7)13(11)5-9/h2-5,9H,10,13H2,1H3. The third kappa shape index (κ3) is 2.37. The summed E-state index contributed by atoms with van der Waals surface area (Å²) in [5.74, 6) is 0.565. The van der Waals surface area contributed by atoms with Crippen LogP contribution in [-0.4, -0.2) is 17.2 Å². The molecule has 0 atom stereocenters. The van der Waals surface area contributed by atoms with E-state index in [9.17, 15) is 4.55 Å². The second-order valence-electron chi connectivity index (χ2n) is 2.50. The second-order valence-corrected chi connectivity index (χ2v) is 4.10. The number of ether oxygens (including phenoxy) is 1. The Labute approximate surface area is 79.4 Å². The van der Waals surface area contributed by atoms with E-state index in [1.165, 1.54) is 7.11 Å². The smallest absolute Gasteiger partial charge is 0.125 e. The first kappa shape index (κ1) is 9.88. The Bertz CT molecular complexity index is 317. The summed E-state index contributed by atoms with van der Waals surface area (Å²) in [6, 6.07) is 4.86. The highest BCUT2D eigenvalue weighted by atomic mass is 32.2. The monoisotopic (exact) mass is 200 g/mol. The summed E-state index contributed by atoms with van der Waals surface area (Å²) in [5, 5.41) is 6.87. The summed E-state index contributed by atoms with van der Waals surface area (Å²) in [6.07, 6.45) is 0. The fourth-order valence-corrected chi connectivity index (χ4v) is 1.73. The van der Waals surface area contributed by atoms with Gasteiger partial charge >= 0.3 is 0 Å². The average molecular weight is 200 g/mol. The molecule has 72 valence electrons. The van der Waals surface area contributed by atoms with Gasteiger partial charge in [-0.2, -0.15) is 0 Å². The van der Waals surface area contributed by atoms with E-state index in [2.05, 4.69) is 0 Å². The molecule has 0 saturated heterocycles. The molecule has 1 aromatic rings. The lowest BCUT2D eigenvalue weighted by molar-refractivity contribution is 0.414. The first-order valence-electron chi connectivity index (χ1n) is 3.66. The SMILES string of the molecule is COc1cc(N)cc([SH2+]([O-])C=N)c1. The fourth-order valence-electron chi connectivity index (χ4n) is 0.966. The topological polar surface area (TPSA) is 82.2 Å². The highest BCUT2D eigenvalue weighted by Crippen LogP contribution is 2.21. The molecular weight excluding hydrogens is 188 g/mol. The molecule has 0 aromatic heterocycles. The van der Waals surface area contributed by atoms with Gasteiger partial charge in [0.2, 0.25) is 0 Å². The molecule has 1 rings (SSSR count). The zero-order valence-corrected chi connectivity index (χ0v) is 8.20. The van der Waals surface area contributed by atoms with E-state index in [-0.39, 0.29) is 0 Å². The molecule has 0 radical (unpaired) electrons. The van der Waals surface area contributed by atoms with Gasteiger partial charge in [0, 0.05) is 23.9 Å². The number of methoxy groups -OCH3 is 1. The van der Waals surface area contributed by atoms with Gasteiger partial charge in [0.25, 0.3) is 0 Å².